The molecule has 174 valence electrons. The number of hydrogen-bond acceptors (Lipinski definition) is 4. The van der Waals surface area contributed by atoms with Crippen molar-refractivity contribution in [1.82, 2.24) is 10.0 Å². The third kappa shape index (κ3) is 5.74. The van der Waals surface area contributed by atoms with E-state index in [2.05, 4.69) is 10.0 Å². The van der Waals surface area contributed by atoms with E-state index in [-0.39, 0.29) is 22.0 Å². The molecule has 0 aromatic heterocycles. The van der Waals surface area contributed by atoms with E-state index in [1.165, 1.54) is 24.3 Å². The molecule has 0 radical (unpaired) electrons. The Hall–Kier alpha value is -2.29. The number of halogens is 1. The molecule has 1 amide bonds. The van der Waals surface area contributed by atoms with E-state index in [9.17, 15) is 17.6 Å². The van der Waals surface area contributed by atoms with Crippen LogP contribution in [0.1, 0.15) is 55.1 Å². The average molecular weight is 463 g/mol. The molecule has 0 atom stereocenters. The van der Waals surface area contributed by atoms with Gasteiger partial charge in [-0.3, -0.25) is 4.79 Å². The van der Waals surface area contributed by atoms with Gasteiger partial charge in [-0.15, -0.1) is 0 Å². The molecule has 0 spiro atoms. The summed E-state index contributed by atoms with van der Waals surface area (Å²) in [5.41, 5.74) is 0.928. The fourth-order valence-corrected chi connectivity index (χ4v) is 5.40. The minimum Gasteiger partial charge on any atom is -0.381 e. The van der Waals surface area contributed by atoms with Gasteiger partial charge in [0.2, 0.25) is 10.0 Å². The molecule has 2 aromatic rings. The Morgan fingerprint density at radius 3 is 2.31 bits per heavy atom. The van der Waals surface area contributed by atoms with Gasteiger partial charge in [0.15, 0.2) is 0 Å². The molecule has 0 aliphatic carbocycles. The van der Waals surface area contributed by atoms with Gasteiger partial charge < -0.3 is 10.1 Å². The molecule has 2 N–H and O–H groups in total. The standard InChI is InChI=1S/C24H31FN2O4S/c1-17-5-10-20(32(29,30)27-23(2,3)4)15-21(17)22(28)26-16-24(11-13-31-14-12-24)18-6-8-19(25)9-7-18/h5-10,15,27H,11-14,16H2,1-4H3,(H,26,28). The van der Waals surface area contributed by atoms with Crippen LogP contribution in [0.25, 0.3) is 0 Å². The Morgan fingerprint density at radius 2 is 1.72 bits per heavy atom. The number of carbonyl (C=O) groups excluding carboxylic acids is 1. The van der Waals surface area contributed by atoms with Crippen molar-refractivity contribution in [3.63, 3.8) is 0 Å². The van der Waals surface area contributed by atoms with Gasteiger partial charge in [0.05, 0.1) is 4.90 Å². The summed E-state index contributed by atoms with van der Waals surface area (Å²) in [4.78, 5) is 13.1. The van der Waals surface area contributed by atoms with E-state index in [4.69, 9.17) is 4.74 Å². The number of carbonyl (C=O) groups is 1. The molecule has 1 saturated heterocycles. The third-order valence-electron chi connectivity index (χ3n) is 5.70. The van der Waals surface area contributed by atoms with Gasteiger partial charge in [0, 0.05) is 36.3 Å². The van der Waals surface area contributed by atoms with Gasteiger partial charge in [0.1, 0.15) is 5.82 Å². The summed E-state index contributed by atoms with van der Waals surface area (Å²) in [5.74, 6) is -0.652. The zero-order valence-electron chi connectivity index (χ0n) is 19.0. The van der Waals surface area contributed by atoms with Crippen molar-refractivity contribution in [2.75, 3.05) is 19.8 Å². The number of hydrogen-bond donors (Lipinski definition) is 2. The maximum Gasteiger partial charge on any atom is 0.251 e. The summed E-state index contributed by atoms with van der Waals surface area (Å²) in [6, 6.07) is 10.9. The zero-order valence-corrected chi connectivity index (χ0v) is 19.8. The molecule has 1 heterocycles. The fourth-order valence-electron chi connectivity index (χ4n) is 3.95. The smallest absolute Gasteiger partial charge is 0.251 e. The number of aryl methyl sites for hydroxylation is 1. The van der Waals surface area contributed by atoms with Crippen LogP contribution < -0.4 is 10.0 Å². The van der Waals surface area contributed by atoms with Crippen LogP contribution in [0.2, 0.25) is 0 Å². The van der Waals surface area contributed by atoms with Crippen molar-refractivity contribution < 1.29 is 22.3 Å². The van der Waals surface area contributed by atoms with E-state index in [0.29, 0.717) is 43.7 Å². The van der Waals surface area contributed by atoms with E-state index in [1.807, 2.05) is 0 Å². The highest BCUT2D eigenvalue weighted by atomic mass is 32.2. The van der Waals surface area contributed by atoms with Crippen LogP contribution in [-0.2, 0) is 20.2 Å². The summed E-state index contributed by atoms with van der Waals surface area (Å²) in [6.07, 6.45) is 1.39. The van der Waals surface area contributed by atoms with Crippen molar-refractivity contribution in [2.24, 2.45) is 0 Å². The maximum absolute atomic E-state index is 13.4. The maximum atomic E-state index is 13.4. The number of sulfonamides is 1. The number of nitrogens with one attached hydrogen (secondary N) is 2. The monoisotopic (exact) mass is 462 g/mol. The summed E-state index contributed by atoms with van der Waals surface area (Å²) >= 11 is 0. The Morgan fingerprint density at radius 1 is 1.09 bits per heavy atom. The molecule has 0 unspecified atom stereocenters. The lowest BCUT2D eigenvalue weighted by Crippen LogP contribution is -2.44. The summed E-state index contributed by atoms with van der Waals surface area (Å²) in [5, 5.41) is 2.99. The first-order chi connectivity index (χ1) is 14.9. The lowest BCUT2D eigenvalue weighted by molar-refractivity contribution is 0.0487. The quantitative estimate of drug-likeness (QED) is 0.686. The number of amides is 1. The van der Waals surface area contributed by atoms with Crippen LogP contribution >= 0.6 is 0 Å². The second-order valence-electron chi connectivity index (χ2n) is 9.41. The molecule has 3 rings (SSSR count). The lowest BCUT2D eigenvalue weighted by Gasteiger charge is -2.38. The Bertz CT molecular complexity index is 1070. The van der Waals surface area contributed by atoms with Crippen molar-refractivity contribution in [2.45, 2.75) is 56.4 Å². The zero-order chi connectivity index (χ0) is 23.6. The molecule has 0 saturated carbocycles. The van der Waals surface area contributed by atoms with Gasteiger partial charge >= 0.3 is 0 Å². The van der Waals surface area contributed by atoms with Crippen molar-refractivity contribution in [3.05, 3.63) is 65.0 Å². The molecule has 32 heavy (non-hydrogen) atoms. The van der Waals surface area contributed by atoms with E-state index in [0.717, 1.165) is 5.56 Å². The Balaban J connectivity index is 1.83. The number of rotatable bonds is 6. The second-order valence-corrected chi connectivity index (χ2v) is 11.1. The molecule has 1 fully saturated rings. The SMILES string of the molecule is Cc1ccc(S(=O)(=O)NC(C)(C)C)cc1C(=O)NCC1(c2ccc(F)cc2)CCOCC1. The van der Waals surface area contributed by atoms with Gasteiger partial charge in [-0.25, -0.2) is 17.5 Å². The number of ether oxygens (including phenoxy) is 1. The van der Waals surface area contributed by atoms with Crippen LogP contribution in [0, 0.1) is 12.7 Å². The first-order valence-electron chi connectivity index (χ1n) is 10.7. The van der Waals surface area contributed by atoms with Gasteiger partial charge in [0.25, 0.3) is 5.91 Å². The summed E-state index contributed by atoms with van der Waals surface area (Å²) in [6.45, 7) is 8.50. The summed E-state index contributed by atoms with van der Waals surface area (Å²) in [7, 11) is -3.77. The van der Waals surface area contributed by atoms with Crippen LogP contribution in [0.4, 0.5) is 4.39 Å². The molecule has 0 bridgehead atoms. The lowest BCUT2D eigenvalue weighted by atomic mass is 9.74. The highest BCUT2D eigenvalue weighted by molar-refractivity contribution is 7.89. The summed E-state index contributed by atoms with van der Waals surface area (Å²) < 4.78 is 47.0. The van der Waals surface area contributed by atoms with E-state index in [1.54, 1.807) is 45.9 Å². The van der Waals surface area contributed by atoms with Crippen LogP contribution in [-0.4, -0.2) is 39.6 Å². The highest BCUT2D eigenvalue weighted by Gasteiger charge is 2.35. The third-order valence-corrected chi connectivity index (χ3v) is 7.45. The predicted octanol–water partition coefficient (Wildman–Crippen LogP) is 3.69. The molecule has 1 aliphatic heterocycles. The molecular formula is C24H31FN2O4S. The van der Waals surface area contributed by atoms with Gasteiger partial charge in [-0.05, 0) is 75.9 Å². The van der Waals surface area contributed by atoms with Crippen molar-refractivity contribution in [1.29, 1.82) is 0 Å². The predicted molar refractivity (Wildman–Crippen MR) is 122 cm³/mol. The molecule has 1 aliphatic rings. The topological polar surface area (TPSA) is 84.5 Å². The average Bonchev–Trinajstić information content (AvgIpc) is 2.71. The molecule has 8 heteroatoms. The van der Waals surface area contributed by atoms with Crippen molar-refractivity contribution in [3.8, 4) is 0 Å². The van der Waals surface area contributed by atoms with Crippen LogP contribution in [0.5, 0.6) is 0 Å². The van der Waals surface area contributed by atoms with E-state index >= 15 is 0 Å². The van der Waals surface area contributed by atoms with Crippen LogP contribution in [0.15, 0.2) is 47.4 Å². The van der Waals surface area contributed by atoms with Gasteiger partial charge in [-0.2, -0.15) is 0 Å². The second kappa shape index (κ2) is 9.29. The minimum absolute atomic E-state index is 0.0440. The Kier molecular flexibility index (Phi) is 7.07. The molecule has 6 nitrogen and oxygen atoms in total. The molecular weight excluding hydrogens is 431 g/mol. The first-order valence-corrected chi connectivity index (χ1v) is 12.2. The number of benzene rings is 2. The molecule has 2 aromatic carbocycles. The Labute approximate surface area is 189 Å². The largest absolute Gasteiger partial charge is 0.381 e. The van der Waals surface area contributed by atoms with Crippen LogP contribution in [0.3, 0.4) is 0 Å². The normalized spacial score (nSPS) is 16.5. The highest BCUT2D eigenvalue weighted by Crippen LogP contribution is 2.34. The minimum atomic E-state index is -3.77. The fraction of sp³-hybridized carbons (Fsp3) is 0.458. The van der Waals surface area contributed by atoms with E-state index < -0.39 is 15.6 Å². The first kappa shape index (κ1) is 24.4. The van der Waals surface area contributed by atoms with Gasteiger partial charge in [-0.1, -0.05) is 18.2 Å². The van der Waals surface area contributed by atoms with Crippen molar-refractivity contribution >= 4 is 15.9 Å².